The molecule has 1 amide bonds. The van der Waals surface area contributed by atoms with Gasteiger partial charge in [-0.2, -0.15) is 0 Å². The van der Waals surface area contributed by atoms with Gasteiger partial charge in [0.15, 0.2) is 5.82 Å². The fraction of sp³-hybridized carbons (Fsp3) is 0.444. The lowest BCUT2D eigenvalue weighted by atomic mass is 9.99. The first-order chi connectivity index (χ1) is 18.9. The fourth-order valence-electron chi connectivity index (χ4n) is 4.46. The molecule has 0 radical (unpaired) electrons. The number of amides is 1. The van der Waals surface area contributed by atoms with Crippen molar-refractivity contribution in [3.63, 3.8) is 0 Å². The lowest BCUT2D eigenvalue weighted by Crippen LogP contribution is -2.60. The van der Waals surface area contributed by atoms with Crippen LogP contribution in [0.3, 0.4) is 0 Å². The van der Waals surface area contributed by atoms with Gasteiger partial charge in [-0.3, -0.25) is 4.90 Å². The Labute approximate surface area is 227 Å². The van der Waals surface area contributed by atoms with Crippen LogP contribution in [0.2, 0.25) is 0 Å². The molecular weight excluding hydrogens is 508 g/mol. The average molecular weight is 543 g/mol. The summed E-state index contributed by atoms with van der Waals surface area (Å²) >= 11 is 0. The number of rotatable bonds is 10. The number of ether oxygens (including phenoxy) is 6. The van der Waals surface area contributed by atoms with Gasteiger partial charge in [0, 0.05) is 39.2 Å². The highest BCUT2D eigenvalue weighted by Gasteiger charge is 2.48. The van der Waals surface area contributed by atoms with Crippen LogP contribution < -0.4 is 4.90 Å². The van der Waals surface area contributed by atoms with Gasteiger partial charge in [0.2, 0.25) is 6.29 Å². The summed E-state index contributed by atoms with van der Waals surface area (Å²) in [5.41, 5.74) is 2.04. The third-order valence-corrected chi connectivity index (χ3v) is 6.37. The number of hydrogen-bond donors (Lipinski definition) is 1. The molecule has 0 aliphatic carbocycles. The molecule has 4 rings (SSSR count). The Balaban J connectivity index is 1.49. The zero-order valence-electron chi connectivity index (χ0n) is 22.6. The van der Waals surface area contributed by atoms with E-state index in [1.807, 2.05) is 13.8 Å². The topological polar surface area (TPSA) is 127 Å². The molecule has 1 aliphatic heterocycles. The van der Waals surface area contributed by atoms with E-state index in [2.05, 4.69) is 10.1 Å². The number of phenols is 1. The number of hydrogen-bond acceptors (Lipinski definition) is 10. The molecule has 210 valence electrons. The number of aromatic hydroxyl groups is 1. The third-order valence-electron chi connectivity index (χ3n) is 6.37. The molecule has 39 heavy (non-hydrogen) atoms. The summed E-state index contributed by atoms with van der Waals surface area (Å²) in [4.78, 5) is 19.0. The molecule has 0 saturated carbocycles. The van der Waals surface area contributed by atoms with Crippen molar-refractivity contribution in [2.45, 2.75) is 44.6 Å². The minimum Gasteiger partial charge on any atom is -0.508 e. The van der Waals surface area contributed by atoms with Crippen molar-refractivity contribution in [2.75, 3.05) is 39.6 Å². The van der Waals surface area contributed by atoms with Crippen LogP contribution in [0.5, 0.6) is 5.75 Å². The zero-order chi connectivity index (χ0) is 27.9. The number of anilines is 1. The van der Waals surface area contributed by atoms with Crippen molar-refractivity contribution >= 4 is 11.8 Å². The Hall–Kier alpha value is -3.55. The van der Waals surface area contributed by atoms with Crippen LogP contribution in [0.25, 0.3) is 17.1 Å². The average Bonchev–Trinajstić information content (AvgIpc) is 3.43. The van der Waals surface area contributed by atoms with Crippen LogP contribution in [0.4, 0.5) is 10.5 Å². The van der Waals surface area contributed by atoms with Crippen LogP contribution in [0.15, 0.2) is 54.9 Å². The van der Waals surface area contributed by atoms with E-state index < -0.39 is 36.8 Å². The Morgan fingerprint density at radius 3 is 2.33 bits per heavy atom. The van der Waals surface area contributed by atoms with Crippen molar-refractivity contribution in [3.05, 3.63) is 54.9 Å². The molecule has 5 atom stereocenters. The molecule has 1 fully saturated rings. The van der Waals surface area contributed by atoms with Gasteiger partial charge in [0.1, 0.15) is 37.1 Å². The van der Waals surface area contributed by atoms with E-state index >= 15 is 0 Å². The molecule has 0 bridgehead atoms. The van der Waals surface area contributed by atoms with Gasteiger partial charge in [-0.25, -0.2) is 14.5 Å². The van der Waals surface area contributed by atoms with Crippen molar-refractivity contribution in [3.8, 4) is 22.8 Å². The summed E-state index contributed by atoms with van der Waals surface area (Å²) in [7, 11) is 4.57. The van der Waals surface area contributed by atoms with Crippen LogP contribution in [0.1, 0.15) is 13.8 Å². The SMILES string of the molecule is CCO[C@@H]1[C@@H](OC)[C@H](C)O[C@@H](OC(=O)N(COC)c2ccc(-c3ncn(-c4ccc(O)cc4)n3)cc2)[C@@H]1OC. The lowest BCUT2D eigenvalue weighted by Gasteiger charge is -2.43. The highest BCUT2D eigenvalue weighted by Crippen LogP contribution is 2.29. The van der Waals surface area contributed by atoms with Gasteiger partial charge in [-0.15, -0.1) is 5.10 Å². The summed E-state index contributed by atoms with van der Waals surface area (Å²) in [6, 6.07) is 13.7. The van der Waals surface area contributed by atoms with E-state index in [4.69, 9.17) is 28.4 Å². The molecule has 0 spiro atoms. The number of methoxy groups -OCH3 is 3. The van der Waals surface area contributed by atoms with Gasteiger partial charge < -0.3 is 33.5 Å². The van der Waals surface area contributed by atoms with Crippen LogP contribution in [-0.2, 0) is 28.4 Å². The monoisotopic (exact) mass is 542 g/mol. The summed E-state index contributed by atoms with van der Waals surface area (Å²) < 4.78 is 35.6. The van der Waals surface area contributed by atoms with Crippen molar-refractivity contribution < 1.29 is 38.3 Å². The largest absolute Gasteiger partial charge is 0.508 e. The highest BCUT2D eigenvalue weighted by molar-refractivity contribution is 5.87. The Morgan fingerprint density at radius 1 is 1.03 bits per heavy atom. The second-order valence-corrected chi connectivity index (χ2v) is 8.84. The second-order valence-electron chi connectivity index (χ2n) is 8.84. The number of phenolic OH excluding ortho intramolecular Hbond substituents is 1. The van der Waals surface area contributed by atoms with Crippen molar-refractivity contribution in [1.29, 1.82) is 0 Å². The summed E-state index contributed by atoms with van der Waals surface area (Å²) in [6.45, 7) is 4.08. The van der Waals surface area contributed by atoms with Gasteiger partial charge in [-0.05, 0) is 62.4 Å². The summed E-state index contributed by atoms with van der Waals surface area (Å²) in [6.07, 6.45) is -2.09. The Kier molecular flexibility index (Phi) is 9.49. The van der Waals surface area contributed by atoms with Gasteiger partial charge >= 0.3 is 6.09 Å². The maximum atomic E-state index is 13.3. The van der Waals surface area contributed by atoms with Crippen LogP contribution in [0, 0.1) is 0 Å². The molecule has 12 heteroatoms. The van der Waals surface area contributed by atoms with Crippen molar-refractivity contribution in [2.24, 2.45) is 0 Å². The van der Waals surface area contributed by atoms with E-state index in [1.165, 1.54) is 19.1 Å². The Morgan fingerprint density at radius 2 is 1.72 bits per heavy atom. The predicted octanol–water partition coefficient (Wildman–Crippen LogP) is 3.37. The van der Waals surface area contributed by atoms with Crippen LogP contribution >= 0.6 is 0 Å². The minimum absolute atomic E-state index is 0.0542. The molecule has 12 nitrogen and oxygen atoms in total. The standard InChI is InChI=1S/C27H34N4O8/c1-6-37-23-22(35-4)17(2)38-26(24(23)36-5)39-27(33)30(16-34-3)19-9-7-18(8-10-19)25-28-15-31(29-25)20-11-13-21(32)14-12-20/h7-15,17,22-24,26,32H,6,16H2,1-5H3/t17-,22-,23+,24+,26-/m0/s1. The quantitative estimate of drug-likeness (QED) is 0.381. The summed E-state index contributed by atoms with van der Waals surface area (Å²) in [5, 5.41) is 14.0. The lowest BCUT2D eigenvalue weighted by molar-refractivity contribution is -0.292. The zero-order valence-corrected chi connectivity index (χ0v) is 22.6. The predicted molar refractivity (Wildman–Crippen MR) is 141 cm³/mol. The Bertz CT molecular complexity index is 1200. The van der Waals surface area contributed by atoms with Crippen molar-refractivity contribution in [1.82, 2.24) is 14.8 Å². The molecule has 3 aromatic rings. The summed E-state index contributed by atoms with van der Waals surface area (Å²) in [5.74, 6) is 0.669. The molecule has 2 heterocycles. The highest BCUT2D eigenvalue weighted by atomic mass is 16.7. The molecular formula is C27H34N4O8. The molecule has 1 saturated heterocycles. The van der Waals surface area contributed by atoms with Gasteiger partial charge in [0.25, 0.3) is 0 Å². The number of carbonyl (C=O) groups excluding carboxylic acids is 1. The first kappa shape index (κ1) is 28.5. The van der Waals surface area contributed by atoms with E-state index in [1.54, 1.807) is 66.6 Å². The molecule has 1 N–H and O–H groups in total. The minimum atomic E-state index is -1.02. The van der Waals surface area contributed by atoms with Gasteiger partial charge in [0.05, 0.1) is 11.8 Å². The first-order valence-corrected chi connectivity index (χ1v) is 12.5. The number of carbonyl (C=O) groups is 1. The van der Waals surface area contributed by atoms with E-state index in [-0.39, 0.29) is 12.5 Å². The smallest absolute Gasteiger partial charge is 0.418 e. The van der Waals surface area contributed by atoms with Crippen LogP contribution in [-0.4, -0.2) is 91.3 Å². The number of nitrogens with zero attached hydrogens (tertiary/aromatic N) is 4. The first-order valence-electron chi connectivity index (χ1n) is 12.5. The second kappa shape index (κ2) is 13.0. The molecule has 2 aromatic carbocycles. The van der Waals surface area contributed by atoms with E-state index in [0.29, 0.717) is 18.1 Å². The molecule has 0 unspecified atom stereocenters. The van der Waals surface area contributed by atoms with Gasteiger partial charge in [-0.1, -0.05) is 0 Å². The maximum Gasteiger partial charge on any atom is 0.418 e. The third kappa shape index (κ3) is 6.37. The van der Waals surface area contributed by atoms with E-state index in [0.717, 1.165) is 11.3 Å². The van der Waals surface area contributed by atoms with E-state index in [9.17, 15) is 9.90 Å². The maximum absolute atomic E-state index is 13.3. The normalized spacial score (nSPS) is 22.9. The fourth-order valence-corrected chi connectivity index (χ4v) is 4.46. The number of benzene rings is 2. The molecule has 1 aromatic heterocycles. The number of aromatic nitrogens is 3. The molecule has 1 aliphatic rings.